The quantitative estimate of drug-likeness (QED) is 0.654. The molecule has 2 nitrogen and oxygen atoms in total. The van der Waals surface area contributed by atoms with Crippen molar-refractivity contribution < 1.29 is 4.39 Å². The maximum Gasteiger partial charge on any atom is 0.132 e. The van der Waals surface area contributed by atoms with Crippen molar-refractivity contribution in [3.63, 3.8) is 0 Å². The molecule has 20 heavy (non-hydrogen) atoms. The van der Waals surface area contributed by atoms with Crippen LogP contribution in [0.2, 0.25) is 0 Å². The van der Waals surface area contributed by atoms with Gasteiger partial charge in [0.1, 0.15) is 5.82 Å². The number of hydrogen-bond donors (Lipinski definition) is 0. The fourth-order valence-corrected chi connectivity index (χ4v) is 2.32. The molecule has 0 aliphatic rings. The molecule has 0 amide bonds. The summed E-state index contributed by atoms with van der Waals surface area (Å²) in [5.41, 5.74) is 4.98. The van der Waals surface area contributed by atoms with E-state index >= 15 is 0 Å². The summed E-state index contributed by atoms with van der Waals surface area (Å²) in [5, 5.41) is 0.887. The van der Waals surface area contributed by atoms with Crippen LogP contribution in [0.15, 0.2) is 36.5 Å². The molecular weight excluding hydrogens is 251 g/mol. The van der Waals surface area contributed by atoms with Crippen molar-refractivity contribution in [3.05, 3.63) is 59.2 Å². The molecule has 0 N–H and O–H groups in total. The van der Waals surface area contributed by atoms with Crippen molar-refractivity contribution in [2.75, 3.05) is 0 Å². The number of rotatable bonds is 1. The highest BCUT2D eigenvalue weighted by atomic mass is 19.1. The Labute approximate surface area is 117 Å². The van der Waals surface area contributed by atoms with E-state index in [9.17, 15) is 4.39 Å². The maximum atomic E-state index is 14.2. The summed E-state index contributed by atoms with van der Waals surface area (Å²) in [7, 11) is 0. The summed E-state index contributed by atoms with van der Waals surface area (Å²) in [6.07, 6.45) is 1.68. The molecule has 2 aromatic heterocycles. The van der Waals surface area contributed by atoms with Gasteiger partial charge in [0, 0.05) is 22.8 Å². The Balaban J connectivity index is 2.33. The van der Waals surface area contributed by atoms with Crippen LogP contribution < -0.4 is 0 Å². The van der Waals surface area contributed by atoms with Crippen LogP contribution in [0.3, 0.4) is 0 Å². The fourth-order valence-electron chi connectivity index (χ4n) is 2.32. The maximum absolute atomic E-state index is 14.2. The second-order valence-corrected chi connectivity index (χ2v) is 5.10. The summed E-state index contributed by atoms with van der Waals surface area (Å²) < 4.78 is 14.2. The van der Waals surface area contributed by atoms with Gasteiger partial charge in [-0.3, -0.25) is 9.97 Å². The highest BCUT2D eigenvalue weighted by molar-refractivity contribution is 5.92. The van der Waals surface area contributed by atoms with E-state index < -0.39 is 0 Å². The molecule has 2 heterocycles. The van der Waals surface area contributed by atoms with Gasteiger partial charge in [0.25, 0.3) is 0 Å². The van der Waals surface area contributed by atoms with Gasteiger partial charge >= 0.3 is 0 Å². The predicted molar refractivity (Wildman–Crippen MR) is 79.1 cm³/mol. The third-order valence-corrected chi connectivity index (χ3v) is 3.57. The first-order valence-corrected chi connectivity index (χ1v) is 6.56. The molecule has 0 fully saturated rings. The summed E-state index contributed by atoms with van der Waals surface area (Å²) in [6, 6.07) is 9.09. The molecule has 3 rings (SSSR count). The van der Waals surface area contributed by atoms with Gasteiger partial charge in [-0.1, -0.05) is 6.07 Å². The highest BCUT2D eigenvalue weighted by Crippen LogP contribution is 2.29. The van der Waals surface area contributed by atoms with Crippen LogP contribution in [0.5, 0.6) is 0 Å². The van der Waals surface area contributed by atoms with Crippen LogP contribution in [0.1, 0.15) is 16.8 Å². The number of pyridine rings is 2. The molecule has 0 bridgehead atoms. The SMILES string of the molecule is Cc1ccc(-c2nccc3nc(C)c(C)cc23)c(F)c1. The van der Waals surface area contributed by atoms with Crippen LogP contribution in [0.4, 0.5) is 4.39 Å². The first-order valence-electron chi connectivity index (χ1n) is 6.56. The van der Waals surface area contributed by atoms with Crippen LogP contribution in [0, 0.1) is 26.6 Å². The molecule has 0 atom stereocenters. The molecule has 0 spiro atoms. The molecule has 100 valence electrons. The molecule has 3 aromatic rings. The van der Waals surface area contributed by atoms with Crippen molar-refractivity contribution in [1.82, 2.24) is 9.97 Å². The minimum atomic E-state index is -0.247. The number of aromatic nitrogens is 2. The third kappa shape index (κ3) is 2.05. The Morgan fingerprint density at radius 2 is 1.80 bits per heavy atom. The first-order chi connectivity index (χ1) is 9.56. The van der Waals surface area contributed by atoms with Gasteiger partial charge in [0.05, 0.1) is 11.2 Å². The smallest absolute Gasteiger partial charge is 0.132 e. The van der Waals surface area contributed by atoms with Crippen molar-refractivity contribution >= 4 is 10.9 Å². The van der Waals surface area contributed by atoms with E-state index in [0.29, 0.717) is 11.3 Å². The van der Waals surface area contributed by atoms with Gasteiger partial charge in [0.2, 0.25) is 0 Å². The second-order valence-electron chi connectivity index (χ2n) is 5.10. The normalized spacial score (nSPS) is 11.0. The topological polar surface area (TPSA) is 25.8 Å². The molecule has 1 aromatic carbocycles. The lowest BCUT2D eigenvalue weighted by atomic mass is 10.0. The Kier molecular flexibility index (Phi) is 2.97. The lowest BCUT2D eigenvalue weighted by molar-refractivity contribution is 0.629. The van der Waals surface area contributed by atoms with Crippen LogP contribution in [-0.4, -0.2) is 9.97 Å². The molecule has 0 radical (unpaired) electrons. The zero-order valence-corrected chi connectivity index (χ0v) is 11.7. The number of benzene rings is 1. The summed E-state index contributed by atoms with van der Waals surface area (Å²) in [4.78, 5) is 8.90. The molecular formula is C17H15FN2. The van der Waals surface area contributed by atoms with E-state index in [1.54, 1.807) is 12.3 Å². The van der Waals surface area contributed by atoms with Crippen LogP contribution >= 0.6 is 0 Å². The Hall–Kier alpha value is -2.29. The monoisotopic (exact) mass is 266 g/mol. The summed E-state index contributed by atoms with van der Waals surface area (Å²) in [5.74, 6) is -0.247. The van der Waals surface area contributed by atoms with Crippen molar-refractivity contribution in [2.45, 2.75) is 20.8 Å². The van der Waals surface area contributed by atoms with Crippen LogP contribution in [0.25, 0.3) is 22.2 Å². The van der Waals surface area contributed by atoms with Gasteiger partial charge in [-0.05, 0) is 56.2 Å². The number of halogens is 1. The van der Waals surface area contributed by atoms with E-state index in [1.807, 2.05) is 39.0 Å². The number of nitrogens with zero attached hydrogens (tertiary/aromatic N) is 2. The summed E-state index contributed by atoms with van der Waals surface area (Å²) >= 11 is 0. The van der Waals surface area contributed by atoms with E-state index in [0.717, 1.165) is 27.7 Å². The molecule has 0 aliphatic carbocycles. The van der Waals surface area contributed by atoms with Gasteiger partial charge < -0.3 is 0 Å². The highest BCUT2D eigenvalue weighted by Gasteiger charge is 2.12. The van der Waals surface area contributed by atoms with Crippen LogP contribution in [-0.2, 0) is 0 Å². The number of aryl methyl sites for hydroxylation is 3. The van der Waals surface area contributed by atoms with E-state index in [4.69, 9.17) is 0 Å². The molecule has 0 saturated carbocycles. The van der Waals surface area contributed by atoms with E-state index in [-0.39, 0.29) is 5.82 Å². The summed E-state index contributed by atoms with van der Waals surface area (Å²) in [6.45, 7) is 5.85. The van der Waals surface area contributed by atoms with Crippen molar-refractivity contribution in [3.8, 4) is 11.3 Å². The van der Waals surface area contributed by atoms with Gasteiger partial charge in [-0.15, -0.1) is 0 Å². The predicted octanol–water partition coefficient (Wildman–Crippen LogP) is 4.36. The molecule has 0 aliphatic heterocycles. The minimum Gasteiger partial charge on any atom is -0.255 e. The lowest BCUT2D eigenvalue weighted by Crippen LogP contribution is -1.94. The Morgan fingerprint density at radius 3 is 2.55 bits per heavy atom. The first kappa shape index (κ1) is 12.7. The average Bonchev–Trinajstić information content (AvgIpc) is 2.40. The molecule has 3 heteroatoms. The molecule has 0 unspecified atom stereocenters. The van der Waals surface area contributed by atoms with Gasteiger partial charge in [-0.25, -0.2) is 4.39 Å². The van der Waals surface area contributed by atoms with E-state index in [1.165, 1.54) is 6.07 Å². The number of fused-ring (bicyclic) bond motifs is 1. The van der Waals surface area contributed by atoms with Crippen molar-refractivity contribution in [2.24, 2.45) is 0 Å². The lowest BCUT2D eigenvalue weighted by Gasteiger charge is -2.09. The zero-order chi connectivity index (χ0) is 14.3. The zero-order valence-electron chi connectivity index (χ0n) is 11.7. The van der Waals surface area contributed by atoms with Crippen molar-refractivity contribution in [1.29, 1.82) is 0 Å². The average molecular weight is 266 g/mol. The number of hydrogen-bond acceptors (Lipinski definition) is 2. The minimum absolute atomic E-state index is 0.247. The van der Waals surface area contributed by atoms with E-state index in [2.05, 4.69) is 9.97 Å². The second kappa shape index (κ2) is 4.67. The standard InChI is InChI=1S/C17H15FN2/c1-10-4-5-13(15(18)8-10)17-14-9-11(2)12(3)20-16(14)6-7-19-17/h4-9H,1-3H3. The Morgan fingerprint density at radius 1 is 1.00 bits per heavy atom. The van der Waals surface area contributed by atoms with Gasteiger partial charge in [-0.2, -0.15) is 0 Å². The third-order valence-electron chi connectivity index (χ3n) is 3.57. The van der Waals surface area contributed by atoms with Gasteiger partial charge in [0.15, 0.2) is 0 Å². The fraction of sp³-hybridized carbons (Fsp3) is 0.176. The largest absolute Gasteiger partial charge is 0.255 e. The Bertz CT molecular complexity index is 809. The molecule has 0 saturated heterocycles.